The van der Waals surface area contributed by atoms with Crippen molar-refractivity contribution in [2.75, 3.05) is 54.1 Å². The molecule has 2 N–H and O–H groups in total. The topological polar surface area (TPSA) is 129 Å². The standard InChI is InChI=1S/C31H62NO9P/c1-5-6-7-8-9-10-11-12-13-14-15-16-19-22-30(34)38-27-29(41-31(35)23-20-17-18-21-25-33)28-40-42(36,37)39-26-24-32(2,3)4/h29,33H,5-28H2,1-4H3/p+1/t29-/m1/s1. The molecular formula is C31H63NO9P+. The molecule has 0 radical (unpaired) electrons. The molecule has 0 aliphatic heterocycles. The van der Waals surface area contributed by atoms with Gasteiger partial charge in [-0.1, -0.05) is 96.8 Å². The summed E-state index contributed by atoms with van der Waals surface area (Å²) in [4.78, 5) is 34.6. The second kappa shape index (κ2) is 26.4. The quantitative estimate of drug-likeness (QED) is 0.0388. The van der Waals surface area contributed by atoms with E-state index in [1.807, 2.05) is 21.1 Å². The number of carbonyl (C=O) groups is 2. The lowest BCUT2D eigenvalue weighted by atomic mass is 10.0. The van der Waals surface area contributed by atoms with Crippen molar-refractivity contribution in [1.82, 2.24) is 0 Å². The number of aliphatic hydroxyl groups is 1. The first-order valence-electron chi connectivity index (χ1n) is 16.4. The maximum atomic E-state index is 12.3. The first-order valence-corrected chi connectivity index (χ1v) is 17.9. The number of likely N-dealkylation sites (N-methyl/N-ethyl adjacent to an activating group) is 1. The predicted molar refractivity (Wildman–Crippen MR) is 166 cm³/mol. The van der Waals surface area contributed by atoms with Crippen molar-refractivity contribution in [2.24, 2.45) is 0 Å². The number of unbranched alkanes of at least 4 members (excludes halogenated alkanes) is 15. The van der Waals surface area contributed by atoms with Crippen LogP contribution in [0.4, 0.5) is 0 Å². The van der Waals surface area contributed by atoms with Crippen molar-refractivity contribution in [3.63, 3.8) is 0 Å². The van der Waals surface area contributed by atoms with E-state index < -0.39 is 32.5 Å². The van der Waals surface area contributed by atoms with Crippen LogP contribution in [0.3, 0.4) is 0 Å². The Morgan fingerprint density at radius 2 is 1.17 bits per heavy atom. The molecule has 0 rings (SSSR count). The molecule has 11 heteroatoms. The van der Waals surface area contributed by atoms with Crippen LogP contribution in [0, 0.1) is 0 Å². The fourth-order valence-corrected chi connectivity index (χ4v) is 5.03. The number of nitrogens with zero attached hydrogens (tertiary/aromatic N) is 1. The summed E-state index contributed by atoms with van der Waals surface area (Å²) in [5.41, 5.74) is 0. The van der Waals surface area contributed by atoms with Gasteiger partial charge in [-0.15, -0.1) is 0 Å². The fraction of sp³-hybridized carbons (Fsp3) is 0.935. The predicted octanol–water partition coefficient (Wildman–Crippen LogP) is 6.71. The van der Waals surface area contributed by atoms with Gasteiger partial charge in [-0.25, -0.2) is 4.57 Å². The molecule has 0 bridgehead atoms. The zero-order chi connectivity index (χ0) is 31.5. The SMILES string of the molecule is CCCCCCCCCCCCCCCC(=O)OC[C@H](COP(=O)(O)OCC[N+](C)(C)C)OC(=O)CCCCCCO. The van der Waals surface area contributed by atoms with Crippen molar-refractivity contribution < 1.29 is 47.2 Å². The van der Waals surface area contributed by atoms with Crippen LogP contribution in [0.25, 0.3) is 0 Å². The number of rotatable bonds is 30. The molecule has 0 saturated carbocycles. The molecular weight excluding hydrogens is 561 g/mol. The van der Waals surface area contributed by atoms with Gasteiger partial charge in [0.05, 0.1) is 27.7 Å². The van der Waals surface area contributed by atoms with Gasteiger partial charge in [0.15, 0.2) is 6.10 Å². The highest BCUT2D eigenvalue weighted by atomic mass is 31.2. The lowest BCUT2D eigenvalue weighted by Gasteiger charge is -2.24. The average Bonchev–Trinajstić information content (AvgIpc) is 2.91. The van der Waals surface area contributed by atoms with E-state index in [-0.39, 0.29) is 32.7 Å². The minimum absolute atomic E-state index is 0.0175. The van der Waals surface area contributed by atoms with Gasteiger partial charge in [0.25, 0.3) is 0 Å². The summed E-state index contributed by atoms with van der Waals surface area (Å²) >= 11 is 0. The summed E-state index contributed by atoms with van der Waals surface area (Å²) < 4.78 is 33.6. The molecule has 0 aliphatic carbocycles. The molecule has 0 heterocycles. The maximum Gasteiger partial charge on any atom is 0.472 e. The highest BCUT2D eigenvalue weighted by molar-refractivity contribution is 7.47. The van der Waals surface area contributed by atoms with Crippen molar-refractivity contribution in [3.05, 3.63) is 0 Å². The Balaban J connectivity index is 4.34. The third-order valence-corrected chi connectivity index (χ3v) is 7.93. The van der Waals surface area contributed by atoms with Gasteiger partial charge in [0.2, 0.25) is 0 Å². The first kappa shape index (κ1) is 41.0. The third kappa shape index (κ3) is 29.1. The summed E-state index contributed by atoms with van der Waals surface area (Å²) in [6.45, 7) is 2.19. The van der Waals surface area contributed by atoms with Gasteiger partial charge < -0.3 is 24.0 Å². The highest BCUT2D eigenvalue weighted by Crippen LogP contribution is 2.43. The van der Waals surface area contributed by atoms with Gasteiger partial charge in [-0.05, 0) is 19.3 Å². The van der Waals surface area contributed by atoms with Crippen LogP contribution in [-0.4, -0.2) is 86.6 Å². The molecule has 2 atom stereocenters. The number of hydrogen-bond donors (Lipinski definition) is 2. The molecule has 0 aromatic heterocycles. The zero-order valence-corrected chi connectivity index (χ0v) is 28.1. The molecule has 0 saturated heterocycles. The van der Waals surface area contributed by atoms with Crippen LogP contribution >= 0.6 is 7.82 Å². The molecule has 0 amide bonds. The maximum absolute atomic E-state index is 12.3. The summed E-state index contributed by atoms with van der Waals surface area (Å²) in [7, 11) is 1.42. The summed E-state index contributed by atoms with van der Waals surface area (Å²) in [5.74, 6) is -0.895. The van der Waals surface area contributed by atoms with E-state index in [9.17, 15) is 19.0 Å². The van der Waals surface area contributed by atoms with Crippen molar-refractivity contribution in [2.45, 2.75) is 135 Å². The number of phosphoric ester groups is 1. The molecule has 0 spiro atoms. The highest BCUT2D eigenvalue weighted by Gasteiger charge is 2.27. The Morgan fingerprint density at radius 3 is 1.67 bits per heavy atom. The molecule has 10 nitrogen and oxygen atoms in total. The number of carbonyl (C=O) groups excluding carboxylic acids is 2. The van der Waals surface area contributed by atoms with E-state index >= 15 is 0 Å². The number of quaternary nitrogens is 1. The molecule has 0 aliphatic rings. The molecule has 250 valence electrons. The fourth-order valence-electron chi connectivity index (χ4n) is 4.29. The molecule has 1 unspecified atom stereocenters. The minimum atomic E-state index is -4.37. The van der Waals surface area contributed by atoms with E-state index in [2.05, 4.69) is 6.92 Å². The van der Waals surface area contributed by atoms with E-state index in [0.717, 1.165) is 32.1 Å². The lowest BCUT2D eigenvalue weighted by molar-refractivity contribution is -0.870. The van der Waals surface area contributed by atoms with Crippen LogP contribution in [0.15, 0.2) is 0 Å². The van der Waals surface area contributed by atoms with Gasteiger partial charge >= 0.3 is 19.8 Å². The lowest BCUT2D eigenvalue weighted by Crippen LogP contribution is -2.37. The third-order valence-electron chi connectivity index (χ3n) is 6.94. The van der Waals surface area contributed by atoms with Gasteiger partial charge in [0, 0.05) is 19.4 Å². The number of ether oxygens (including phenoxy) is 2. The number of esters is 2. The van der Waals surface area contributed by atoms with Crippen molar-refractivity contribution in [3.8, 4) is 0 Å². The Hall–Kier alpha value is -1.03. The van der Waals surface area contributed by atoms with E-state index in [4.69, 9.17) is 23.6 Å². The second-order valence-corrected chi connectivity index (χ2v) is 13.7. The van der Waals surface area contributed by atoms with Crippen LogP contribution < -0.4 is 0 Å². The number of phosphoric acid groups is 1. The molecule has 0 aromatic rings. The smallest absolute Gasteiger partial charge is 0.462 e. The molecule has 0 fully saturated rings. The Morgan fingerprint density at radius 1 is 0.690 bits per heavy atom. The summed E-state index contributed by atoms with van der Waals surface area (Å²) in [6, 6.07) is 0. The Labute approximate surface area is 256 Å². The van der Waals surface area contributed by atoms with Crippen molar-refractivity contribution >= 4 is 19.8 Å². The van der Waals surface area contributed by atoms with Crippen LogP contribution in [0.1, 0.15) is 129 Å². The largest absolute Gasteiger partial charge is 0.472 e. The summed E-state index contributed by atoms with van der Waals surface area (Å²) in [6.07, 6.45) is 18.1. The van der Waals surface area contributed by atoms with Gasteiger partial charge in [-0.2, -0.15) is 0 Å². The normalized spacial score (nSPS) is 14.0. The van der Waals surface area contributed by atoms with E-state index in [1.165, 1.54) is 64.2 Å². The van der Waals surface area contributed by atoms with Crippen molar-refractivity contribution in [1.29, 1.82) is 0 Å². The molecule has 42 heavy (non-hydrogen) atoms. The van der Waals surface area contributed by atoms with Gasteiger partial charge in [-0.3, -0.25) is 18.6 Å². The monoisotopic (exact) mass is 624 g/mol. The molecule has 0 aromatic carbocycles. The average molecular weight is 625 g/mol. The van der Waals surface area contributed by atoms with Crippen LogP contribution in [0.2, 0.25) is 0 Å². The zero-order valence-electron chi connectivity index (χ0n) is 27.2. The Kier molecular flexibility index (Phi) is 25.7. The number of hydrogen-bond acceptors (Lipinski definition) is 8. The number of aliphatic hydroxyl groups excluding tert-OH is 1. The van der Waals surface area contributed by atoms with Crippen LogP contribution in [-0.2, 0) is 32.7 Å². The summed E-state index contributed by atoms with van der Waals surface area (Å²) in [5, 5.41) is 8.87. The minimum Gasteiger partial charge on any atom is -0.462 e. The first-order chi connectivity index (χ1) is 20.0. The van der Waals surface area contributed by atoms with Gasteiger partial charge in [0.1, 0.15) is 19.8 Å². The Bertz CT molecular complexity index is 715. The van der Waals surface area contributed by atoms with E-state index in [1.54, 1.807) is 0 Å². The van der Waals surface area contributed by atoms with E-state index in [0.29, 0.717) is 23.9 Å². The van der Waals surface area contributed by atoms with Crippen LogP contribution in [0.5, 0.6) is 0 Å². The second-order valence-electron chi connectivity index (χ2n) is 12.3.